The van der Waals surface area contributed by atoms with Gasteiger partial charge in [-0.3, -0.25) is 4.79 Å². The topological polar surface area (TPSA) is 41.1 Å². The van der Waals surface area contributed by atoms with E-state index in [0.29, 0.717) is 12.5 Å². The molecule has 1 amide bonds. The van der Waals surface area contributed by atoms with E-state index in [0.717, 1.165) is 40.7 Å². The van der Waals surface area contributed by atoms with E-state index in [4.69, 9.17) is 0 Å². The first-order valence-electron chi connectivity index (χ1n) is 8.87. The number of carbonyl (C=O) groups excluding carboxylic acids is 1. The molecule has 132 valence electrons. The standard InChI is InChI=1S/C21H25BrN2O/c1-13-10-18-15(3)6-8-23-20(18)19(11-13)21(25)24-9-7-16-12-17(22)5-4-14(16)2/h4-5,10-12,15,23H,6-9H2,1-3H3,(H,24,25). The number of benzene rings is 2. The van der Waals surface area contributed by atoms with Gasteiger partial charge in [-0.2, -0.15) is 0 Å². The molecule has 2 aromatic rings. The Morgan fingerprint density at radius 3 is 2.88 bits per heavy atom. The number of amides is 1. The SMILES string of the molecule is Cc1cc(C(=O)NCCc2cc(Br)ccc2C)c2c(c1)C(C)CCN2. The number of hydrogen-bond donors (Lipinski definition) is 2. The van der Waals surface area contributed by atoms with Crippen LogP contribution in [0.5, 0.6) is 0 Å². The molecule has 1 aliphatic rings. The lowest BCUT2D eigenvalue weighted by atomic mass is 9.89. The Hall–Kier alpha value is -1.81. The normalized spacial score (nSPS) is 16.1. The van der Waals surface area contributed by atoms with E-state index in [9.17, 15) is 4.79 Å². The van der Waals surface area contributed by atoms with Gasteiger partial charge in [0.15, 0.2) is 0 Å². The Morgan fingerprint density at radius 2 is 2.08 bits per heavy atom. The molecular formula is C21H25BrN2O. The number of halogens is 1. The average Bonchev–Trinajstić information content (AvgIpc) is 2.58. The second kappa shape index (κ2) is 7.61. The highest BCUT2D eigenvalue weighted by Gasteiger charge is 2.22. The van der Waals surface area contributed by atoms with E-state index in [-0.39, 0.29) is 5.91 Å². The molecule has 2 N–H and O–H groups in total. The number of aryl methyl sites for hydroxylation is 2. The summed E-state index contributed by atoms with van der Waals surface area (Å²) in [6.07, 6.45) is 1.94. The highest BCUT2D eigenvalue weighted by atomic mass is 79.9. The van der Waals surface area contributed by atoms with Gasteiger partial charge in [0.2, 0.25) is 0 Å². The predicted octanol–water partition coefficient (Wildman–Crippen LogP) is 4.96. The zero-order valence-corrected chi connectivity index (χ0v) is 16.7. The van der Waals surface area contributed by atoms with E-state index in [1.165, 1.54) is 16.7 Å². The lowest BCUT2D eigenvalue weighted by molar-refractivity contribution is 0.0954. The van der Waals surface area contributed by atoms with Crippen molar-refractivity contribution in [1.82, 2.24) is 5.32 Å². The first-order chi connectivity index (χ1) is 12.0. The third-order valence-electron chi connectivity index (χ3n) is 4.96. The number of fused-ring (bicyclic) bond motifs is 1. The first-order valence-corrected chi connectivity index (χ1v) is 9.66. The van der Waals surface area contributed by atoms with Gasteiger partial charge in [-0.15, -0.1) is 0 Å². The maximum absolute atomic E-state index is 12.8. The van der Waals surface area contributed by atoms with Crippen molar-refractivity contribution >= 4 is 27.5 Å². The molecule has 0 radical (unpaired) electrons. The fourth-order valence-electron chi connectivity index (χ4n) is 3.46. The largest absolute Gasteiger partial charge is 0.384 e. The highest BCUT2D eigenvalue weighted by Crippen LogP contribution is 2.34. The molecule has 2 aromatic carbocycles. The second-order valence-corrected chi connectivity index (χ2v) is 7.89. The molecule has 1 aliphatic heterocycles. The third-order valence-corrected chi connectivity index (χ3v) is 5.45. The zero-order valence-electron chi connectivity index (χ0n) is 15.1. The van der Waals surface area contributed by atoms with Crippen molar-refractivity contribution in [1.29, 1.82) is 0 Å². The quantitative estimate of drug-likeness (QED) is 0.761. The molecule has 3 nitrogen and oxygen atoms in total. The lowest BCUT2D eigenvalue weighted by Crippen LogP contribution is -2.28. The molecule has 0 spiro atoms. The number of nitrogens with one attached hydrogen (secondary N) is 2. The van der Waals surface area contributed by atoms with Crippen molar-refractivity contribution in [3.05, 3.63) is 62.6 Å². The maximum atomic E-state index is 12.8. The molecule has 4 heteroatoms. The van der Waals surface area contributed by atoms with Crippen molar-refractivity contribution < 1.29 is 4.79 Å². The lowest BCUT2D eigenvalue weighted by Gasteiger charge is -2.26. The number of carbonyl (C=O) groups is 1. The van der Waals surface area contributed by atoms with Crippen LogP contribution >= 0.6 is 15.9 Å². The molecule has 1 unspecified atom stereocenters. The summed E-state index contributed by atoms with van der Waals surface area (Å²) in [5, 5.41) is 6.52. The summed E-state index contributed by atoms with van der Waals surface area (Å²) in [6.45, 7) is 7.95. The summed E-state index contributed by atoms with van der Waals surface area (Å²) < 4.78 is 1.07. The van der Waals surface area contributed by atoms with Gasteiger partial charge in [-0.1, -0.05) is 35.0 Å². The minimum Gasteiger partial charge on any atom is -0.384 e. The molecule has 0 aromatic heterocycles. The van der Waals surface area contributed by atoms with Crippen LogP contribution in [0.15, 0.2) is 34.8 Å². The van der Waals surface area contributed by atoms with Gasteiger partial charge >= 0.3 is 0 Å². The van der Waals surface area contributed by atoms with Crippen LogP contribution in [0, 0.1) is 13.8 Å². The minimum absolute atomic E-state index is 0.00852. The summed E-state index contributed by atoms with van der Waals surface area (Å²) in [5.41, 5.74) is 6.70. The number of rotatable bonds is 4. The van der Waals surface area contributed by atoms with Crippen molar-refractivity contribution in [2.24, 2.45) is 0 Å². The van der Waals surface area contributed by atoms with Crippen LogP contribution in [0.4, 0.5) is 5.69 Å². The summed E-state index contributed by atoms with van der Waals surface area (Å²) in [6, 6.07) is 10.5. The molecule has 0 bridgehead atoms. The fourth-order valence-corrected chi connectivity index (χ4v) is 3.87. The van der Waals surface area contributed by atoms with Crippen LogP contribution < -0.4 is 10.6 Å². The molecular weight excluding hydrogens is 376 g/mol. The van der Waals surface area contributed by atoms with Gasteiger partial charge in [0, 0.05) is 17.6 Å². The first kappa shape index (κ1) is 18.0. The van der Waals surface area contributed by atoms with Crippen molar-refractivity contribution in [2.45, 2.75) is 39.5 Å². The van der Waals surface area contributed by atoms with Crippen LogP contribution in [0.1, 0.15) is 51.9 Å². The second-order valence-electron chi connectivity index (χ2n) is 6.97. The van der Waals surface area contributed by atoms with Crippen LogP contribution in [0.2, 0.25) is 0 Å². The molecule has 0 aliphatic carbocycles. The van der Waals surface area contributed by atoms with Gasteiger partial charge < -0.3 is 10.6 Å². The van der Waals surface area contributed by atoms with Crippen molar-refractivity contribution in [3.63, 3.8) is 0 Å². The van der Waals surface area contributed by atoms with Crippen molar-refractivity contribution in [2.75, 3.05) is 18.4 Å². The maximum Gasteiger partial charge on any atom is 0.253 e. The molecule has 1 heterocycles. The van der Waals surface area contributed by atoms with E-state index in [1.807, 2.05) is 12.1 Å². The Kier molecular flexibility index (Phi) is 5.48. The van der Waals surface area contributed by atoms with E-state index < -0.39 is 0 Å². The molecule has 25 heavy (non-hydrogen) atoms. The van der Waals surface area contributed by atoms with Gasteiger partial charge in [-0.25, -0.2) is 0 Å². The van der Waals surface area contributed by atoms with Crippen LogP contribution in [-0.2, 0) is 6.42 Å². The Morgan fingerprint density at radius 1 is 1.28 bits per heavy atom. The summed E-state index contributed by atoms with van der Waals surface area (Å²) >= 11 is 3.51. The summed E-state index contributed by atoms with van der Waals surface area (Å²) in [5.74, 6) is 0.501. The molecule has 0 saturated carbocycles. The molecule has 1 atom stereocenters. The number of anilines is 1. The number of hydrogen-bond acceptors (Lipinski definition) is 2. The predicted molar refractivity (Wildman–Crippen MR) is 108 cm³/mol. The van der Waals surface area contributed by atoms with Crippen molar-refractivity contribution in [3.8, 4) is 0 Å². The van der Waals surface area contributed by atoms with Crippen LogP contribution in [0.3, 0.4) is 0 Å². The van der Waals surface area contributed by atoms with Crippen LogP contribution in [-0.4, -0.2) is 19.0 Å². The van der Waals surface area contributed by atoms with Gasteiger partial charge in [0.05, 0.1) is 11.3 Å². The Balaban J connectivity index is 1.72. The van der Waals surface area contributed by atoms with Gasteiger partial charge in [0.25, 0.3) is 5.91 Å². The minimum atomic E-state index is 0.00852. The third kappa shape index (κ3) is 4.06. The van der Waals surface area contributed by atoms with E-state index in [2.05, 4.69) is 65.5 Å². The van der Waals surface area contributed by atoms with E-state index in [1.54, 1.807) is 0 Å². The zero-order chi connectivity index (χ0) is 18.0. The highest BCUT2D eigenvalue weighted by molar-refractivity contribution is 9.10. The molecule has 0 fully saturated rings. The average molecular weight is 401 g/mol. The Bertz CT molecular complexity index is 801. The van der Waals surface area contributed by atoms with Crippen LogP contribution in [0.25, 0.3) is 0 Å². The van der Waals surface area contributed by atoms with Gasteiger partial charge in [0.1, 0.15) is 0 Å². The Labute approximate surface area is 158 Å². The summed E-state index contributed by atoms with van der Waals surface area (Å²) in [4.78, 5) is 12.8. The summed E-state index contributed by atoms with van der Waals surface area (Å²) in [7, 11) is 0. The molecule has 3 rings (SSSR count). The van der Waals surface area contributed by atoms with E-state index >= 15 is 0 Å². The molecule has 0 saturated heterocycles. The monoisotopic (exact) mass is 400 g/mol. The smallest absolute Gasteiger partial charge is 0.253 e. The van der Waals surface area contributed by atoms with Gasteiger partial charge in [-0.05, 0) is 73.1 Å². The fraction of sp³-hybridized carbons (Fsp3) is 0.381.